The summed E-state index contributed by atoms with van der Waals surface area (Å²) < 4.78 is 17.6. The molecular weight excluding hydrogens is 408 g/mol. The molecule has 0 atom stereocenters. The number of ether oxygens (including phenoxy) is 3. The van der Waals surface area contributed by atoms with Crippen molar-refractivity contribution in [3.05, 3.63) is 60.3 Å². The average molecular weight is 437 g/mol. The first kappa shape index (κ1) is 21.9. The number of nitrogens with zero attached hydrogens (tertiary/aromatic N) is 3. The Hall–Kier alpha value is -3.36. The number of methoxy groups -OCH3 is 2. The van der Waals surface area contributed by atoms with Crippen molar-refractivity contribution in [2.75, 3.05) is 53.6 Å². The van der Waals surface area contributed by atoms with E-state index in [0.29, 0.717) is 17.9 Å². The molecule has 8 nitrogen and oxygen atoms in total. The molecule has 0 bridgehead atoms. The molecule has 1 aliphatic heterocycles. The van der Waals surface area contributed by atoms with Crippen molar-refractivity contribution >= 4 is 5.91 Å². The Morgan fingerprint density at radius 3 is 2.50 bits per heavy atom. The quantitative estimate of drug-likeness (QED) is 0.585. The largest absolute Gasteiger partial charge is 0.497 e. The van der Waals surface area contributed by atoms with E-state index in [2.05, 4.69) is 10.2 Å². The fraction of sp³-hybridized carbons (Fsp3) is 0.333. The van der Waals surface area contributed by atoms with Crippen LogP contribution in [0.1, 0.15) is 10.5 Å². The van der Waals surface area contributed by atoms with Gasteiger partial charge in [0.05, 0.1) is 38.8 Å². The van der Waals surface area contributed by atoms with Crippen molar-refractivity contribution in [3.63, 3.8) is 0 Å². The molecule has 3 aromatic rings. The van der Waals surface area contributed by atoms with E-state index in [-0.39, 0.29) is 5.91 Å². The van der Waals surface area contributed by atoms with Crippen molar-refractivity contribution in [2.24, 2.45) is 0 Å². The number of rotatable bonds is 8. The highest BCUT2D eigenvalue weighted by Crippen LogP contribution is 2.26. The number of benzene rings is 2. The maximum atomic E-state index is 13.1. The predicted molar refractivity (Wildman–Crippen MR) is 122 cm³/mol. The molecule has 0 radical (unpaired) electrons. The second-order valence-corrected chi connectivity index (χ2v) is 7.47. The van der Waals surface area contributed by atoms with Crippen LogP contribution in [-0.4, -0.2) is 74.2 Å². The first-order valence-corrected chi connectivity index (χ1v) is 10.6. The van der Waals surface area contributed by atoms with Gasteiger partial charge >= 0.3 is 0 Å². The van der Waals surface area contributed by atoms with Crippen molar-refractivity contribution in [1.29, 1.82) is 0 Å². The van der Waals surface area contributed by atoms with Crippen LogP contribution in [-0.2, 0) is 4.74 Å². The summed E-state index contributed by atoms with van der Waals surface area (Å²) in [5, 5.41) is 7.77. The molecule has 0 aliphatic carbocycles. The Kier molecular flexibility index (Phi) is 7.03. The van der Waals surface area contributed by atoms with Gasteiger partial charge in [-0.25, -0.2) is 4.68 Å². The molecule has 1 fully saturated rings. The van der Waals surface area contributed by atoms with Gasteiger partial charge in [0.1, 0.15) is 17.2 Å². The number of hydrogen-bond donors (Lipinski definition) is 1. The summed E-state index contributed by atoms with van der Waals surface area (Å²) in [6.45, 7) is 4.60. The molecule has 8 heteroatoms. The van der Waals surface area contributed by atoms with Gasteiger partial charge in [-0.05, 0) is 42.5 Å². The predicted octanol–water partition coefficient (Wildman–Crippen LogP) is 2.62. The molecule has 0 spiro atoms. The summed E-state index contributed by atoms with van der Waals surface area (Å²) >= 11 is 0. The minimum Gasteiger partial charge on any atom is -0.497 e. The van der Waals surface area contributed by atoms with Gasteiger partial charge in [0.2, 0.25) is 0 Å². The Labute approximate surface area is 187 Å². The van der Waals surface area contributed by atoms with E-state index in [1.165, 1.54) is 0 Å². The van der Waals surface area contributed by atoms with Crippen LogP contribution in [0.2, 0.25) is 0 Å². The second kappa shape index (κ2) is 10.3. The highest BCUT2D eigenvalue weighted by Gasteiger charge is 2.18. The van der Waals surface area contributed by atoms with Gasteiger partial charge < -0.3 is 19.5 Å². The number of carbonyl (C=O) groups is 1. The topological polar surface area (TPSA) is 77.8 Å². The lowest BCUT2D eigenvalue weighted by atomic mass is 10.1. The maximum absolute atomic E-state index is 13.1. The minimum atomic E-state index is -0.171. The average Bonchev–Trinajstić information content (AvgIpc) is 3.30. The molecule has 1 N–H and O–H groups in total. The van der Waals surface area contributed by atoms with Gasteiger partial charge in [-0.1, -0.05) is 12.1 Å². The van der Waals surface area contributed by atoms with Gasteiger partial charge in [-0.2, -0.15) is 5.10 Å². The van der Waals surface area contributed by atoms with E-state index < -0.39 is 0 Å². The lowest BCUT2D eigenvalue weighted by Crippen LogP contribution is -2.41. The molecular formula is C24H28N4O4. The van der Waals surface area contributed by atoms with E-state index in [1.807, 2.05) is 54.6 Å². The minimum absolute atomic E-state index is 0.171. The maximum Gasteiger partial charge on any atom is 0.270 e. The molecule has 1 aromatic heterocycles. The van der Waals surface area contributed by atoms with Crippen molar-refractivity contribution in [3.8, 4) is 28.4 Å². The first-order chi connectivity index (χ1) is 15.7. The number of morpholine rings is 1. The Morgan fingerprint density at radius 2 is 1.78 bits per heavy atom. The van der Waals surface area contributed by atoms with Crippen LogP contribution in [0.5, 0.6) is 11.5 Å². The van der Waals surface area contributed by atoms with Crippen LogP contribution in [0.4, 0.5) is 0 Å². The molecule has 0 saturated carbocycles. The van der Waals surface area contributed by atoms with Crippen LogP contribution >= 0.6 is 0 Å². The summed E-state index contributed by atoms with van der Waals surface area (Å²) in [5.41, 5.74) is 2.81. The number of aromatic nitrogens is 2. The highest BCUT2D eigenvalue weighted by atomic mass is 16.5. The fourth-order valence-electron chi connectivity index (χ4n) is 3.63. The van der Waals surface area contributed by atoms with Gasteiger partial charge in [0.15, 0.2) is 0 Å². The van der Waals surface area contributed by atoms with Crippen LogP contribution in [0.15, 0.2) is 54.6 Å². The van der Waals surface area contributed by atoms with E-state index in [9.17, 15) is 4.79 Å². The number of amides is 1. The molecule has 2 heterocycles. The van der Waals surface area contributed by atoms with Crippen LogP contribution < -0.4 is 14.8 Å². The zero-order valence-corrected chi connectivity index (χ0v) is 18.4. The van der Waals surface area contributed by atoms with Crippen molar-refractivity contribution in [2.45, 2.75) is 0 Å². The van der Waals surface area contributed by atoms with E-state index >= 15 is 0 Å². The normalized spacial score (nSPS) is 14.2. The number of nitrogens with one attached hydrogen (secondary N) is 1. The standard InChI is InChI=1S/C24H28N4O4/c1-30-20-8-6-19(7-9-20)28-23(24(29)25-10-11-27-12-14-32-15-13-27)17-22(26-28)18-4-3-5-21(16-18)31-2/h3-9,16-17H,10-15H2,1-2H3,(H,25,29). The third-order valence-electron chi connectivity index (χ3n) is 5.44. The van der Waals surface area contributed by atoms with Gasteiger partial charge in [-0.15, -0.1) is 0 Å². The number of hydrogen-bond acceptors (Lipinski definition) is 6. The van der Waals surface area contributed by atoms with Crippen molar-refractivity contribution in [1.82, 2.24) is 20.0 Å². The second-order valence-electron chi connectivity index (χ2n) is 7.47. The third kappa shape index (κ3) is 5.09. The molecule has 4 rings (SSSR count). The molecule has 32 heavy (non-hydrogen) atoms. The van der Waals surface area contributed by atoms with Gasteiger partial charge in [0.25, 0.3) is 5.91 Å². The van der Waals surface area contributed by atoms with Gasteiger partial charge in [0, 0.05) is 31.7 Å². The molecule has 0 unspecified atom stereocenters. The first-order valence-electron chi connectivity index (χ1n) is 10.6. The SMILES string of the molecule is COc1ccc(-n2nc(-c3cccc(OC)c3)cc2C(=O)NCCN2CCOCC2)cc1. The molecule has 1 aliphatic rings. The van der Waals surface area contributed by atoms with Crippen LogP contribution in [0.3, 0.4) is 0 Å². The Morgan fingerprint density at radius 1 is 1.03 bits per heavy atom. The highest BCUT2D eigenvalue weighted by molar-refractivity contribution is 5.94. The fourth-order valence-corrected chi connectivity index (χ4v) is 3.63. The molecule has 1 amide bonds. The summed E-state index contributed by atoms with van der Waals surface area (Å²) in [7, 11) is 3.25. The van der Waals surface area contributed by atoms with E-state index in [0.717, 1.165) is 55.6 Å². The van der Waals surface area contributed by atoms with Gasteiger partial charge in [-0.3, -0.25) is 9.69 Å². The monoisotopic (exact) mass is 436 g/mol. The van der Waals surface area contributed by atoms with Crippen LogP contribution in [0, 0.1) is 0 Å². The van der Waals surface area contributed by atoms with E-state index in [4.69, 9.17) is 19.3 Å². The summed E-state index contributed by atoms with van der Waals surface area (Å²) in [6.07, 6.45) is 0. The smallest absolute Gasteiger partial charge is 0.270 e. The lowest BCUT2D eigenvalue weighted by molar-refractivity contribution is 0.0383. The lowest BCUT2D eigenvalue weighted by Gasteiger charge is -2.26. The number of carbonyl (C=O) groups excluding carboxylic acids is 1. The van der Waals surface area contributed by atoms with Crippen LogP contribution in [0.25, 0.3) is 16.9 Å². The zero-order chi connectivity index (χ0) is 22.3. The van der Waals surface area contributed by atoms with E-state index in [1.54, 1.807) is 18.9 Å². The molecule has 1 saturated heterocycles. The summed E-state index contributed by atoms with van der Waals surface area (Å²) in [6, 6.07) is 16.9. The van der Waals surface area contributed by atoms with Crippen molar-refractivity contribution < 1.29 is 19.0 Å². The summed E-state index contributed by atoms with van der Waals surface area (Å²) in [4.78, 5) is 15.4. The Bertz CT molecular complexity index is 1040. The zero-order valence-electron chi connectivity index (χ0n) is 18.4. The summed E-state index contributed by atoms with van der Waals surface area (Å²) in [5.74, 6) is 1.30. The third-order valence-corrected chi connectivity index (χ3v) is 5.44. The molecule has 168 valence electrons. The Balaban J connectivity index is 1.59. The molecule has 2 aromatic carbocycles.